The molecule has 0 saturated heterocycles. The smallest absolute Gasteiger partial charge is 0.181 e. The molecule has 1 atom stereocenters. The first-order chi connectivity index (χ1) is 9.24. The van der Waals surface area contributed by atoms with Gasteiger partial charge in [-0.15, -0.1) is 0 Å². The van der Waals surface area contributed by atoms with E-state index in [4.69, 9.17) is 9.15 Å². The summed E-state index contributed by atoms with van der Waals surface area (Å²) in [7, 11) is 0. The van der Waals surface area contributed by atoms with Crippen LogP contribution in [0.3, 0.4) is 0 Å². The van der Waals surface area contributed by atoms with Crippen molar-refractivity contribution in [2.24, 2.45) is 0 Å². The van der Waals surface area contributed by atoms with Crippen molar-refractivity contribution in [3.63, 3.8) is 0 Å². The Hall–Kier alpha value is -1.85. The van der Waals surface area contributed by atoms with E-state index in [-0.39, 0.29) is 0 Å². The second-order valence-corrected chi connectivity index (χ2v) is 4.66. The number of aliphatic hydroxyl groups excluding tert-OH is 1. The average molecular weight is 260 g/mol. The van der Waals surface area contributed by atoms with E-state index in [1.807, 2.05) is 25.1 Å². The SMILES string of the molecule is Cc1ncoc1COc1ccc2c(c1)C(O)CNC2. The lowest BCUT2D eigenvalue weighted by atomic mass is 9.98. The Morgan fingerprint density at radius 2 is 2.42 bits per heavy atom. The minimum absolute atomic E-state index is 0.346. The Bertz CT molecular complexity index is 580. The van der Waals surface area contributed by atoms with Crippen LogP contribution in [0.25, 0.3) is 0 Å². The molecule has 0 fully saturated rings. The molecule has 0 spiro atoms. The van der Waals surface area contributed by atoms with Gasteiger partial charge >= 0.3 is 0 Å². The van der Waals surface area contributed by atoms with E-state index in [2.05, 4.69) is 10.3 Å². The number of nitrogens with one attached hydrogen (secondary N) is 1. The van der Waals surface area contributed by atoms with E-state index in [0.29, 0.717) is 13.2 Å². The summed E-state index contributed by atoms with van der Waals surface area (Å²) >= 11 is 0. The van der Waals surface area contributed by atoms with Gasteiger partial charge in [-0.25, -0.2) is 4.98 Å². The maximum absolute atomic E-state index is 9.94. The molecule has 2 N–H and O–H groups in total. The first-order valence-electron chi connectivity index (χ1n) is 6.27. The molecule has 5 nitrogen and oxygen atoms in total. The van der Waals surface area contributed by atoms with Crippen molar-refractivity contribution in [1.29, 1.82) is 0 Å². The molecule has 0 bridgehead atoms. The number of rotatable bonds is 3. The van der Waals surface area contributed by atoms with Crippen molar-refractivity contribution in [3.8, 4) is 5.75 Å². The number of benzene rings is 1. The lowest BCUT2D eigenvalue weighted by Gasteiger charge is -2.22. The van der Waals surface area contributed by atoms with Gasteiger partial charge in [0.1, 0.15) is 12.4 Å². The molecule has 2 aromatic rings. The first-order valence-corrected chi connectivity index (χ1v) is 6.27. The predicted molar refractivity (Wildman–Crippen MR) is 68.7 cm³/mol. The van der Waals surface area contributed by atoms with Gasteiger partial charge in [0, 0.05) is 13.1 Å². The lowest BCUT2D eigenvalue weighted by Crippen LogP contribution is -2.27. The zero-order chi connectivity index (χ0) is 13.2. The summed E-state index contributed by atoms with van der Waals surface area (Å²) in [5.41, 5.74) is 2.88. The summed E-state index contributed by atoms with van der Waals surface area (Å²) in [6, 6.07) is 5.78. The Labute approximate surface area is 111 Å². The van der Waals surface area contributed by atoms with Gasteiger partial charge in [-0.05, 0) is 30.2 Å². The van der Waals surface area contributed by atoms with Crippen molar-refractivity contribution in [3.05, 3.63) is 47.2 Å². The topological polar surface area (TPSA) is 67.5 Å². The first kappa shape index (κ1) is 12.2. The van der Waals surface area contributed by atoms with E-state index in [0.717, 1.165) is 34.9 Å². The fourth-order valence-corrected chi connectivity index (χ4v) is 2.20. The van der Waals surface area contributed by atoms with E-state index in [9.17, 15) is 5.11 Å². The van der Waals surface area contributed by atoms with Crippen molar-refractivity contribution >= 4 is 0 Å². The van der Waals surface area contributed by atoms with E-state index in [1.54, 1.807) is 0 Å². The highest BCUT2D eigenvalue weighted by Gasteiger charge is 2.18. The molecule has 0 amide bonds. The molecule has 1 aliphatic heterocycles. The summed E-state index contributed by atoms with van der Waals surface area (Å²) in [6.07, 6.45) is 0.940. The molecule has 5 heteroatoms. The van der Waals surface area contributed by atoms with Crippen LogP contribution >= 0.6 is 0 Å². The maximum Gasteiger partial charge on any atom is 0.181 e. The van der Waals surface area contributed by atoms with Crippen LogP contribution in [0.15, 0.2) is 29.0 Å². The molecule has 19 heavy (non-hydrogen) atoms. The fraction of sp³-hybridized carbons (Fsp3) is 0.357. The summed E-state index contributed by atoms with van der Waals surface area (Å²) < 4.78 is 10.9. The molecule has 1 aromatic carbocycles. The minimum atomic E-state index is -0.473. The number of aromatic nitrogens is 1. The van der Waals surface area contributed by atoms with Crippen LogP contribution in [0.2, 0.25) is 0 Å². The van der Waals surface area contributed by atoms with Crippen LogP contribution in [0.5, 0.6) is 5.75 Å². The van der Waals surface area contributed by atoms with Crippen LogP contribution in [-0.4, -0.2) is 16.6 Å². The van der Waals surface area contributed by atoms with Crippen molar-refractivity contribution in [2.75, 3.05) is 6.54 Å². The summed E-state index contributed by atoms with van der Waals surface area (Å²) in [5.74, 6) is 1.45. The van der Waals surface area contributed by atoms with Crippen molar-refractivity contribution in [1.82, 2.24) is 10.3 Å². The van der Waals surface area contributed by atoms with E-state index in [1.165, 1.54) is 6.39 Å². The highest BCUT2D eigenvalue weighted by atomic mass is 16.5. The van der Waals surface area contributed by atoms with Gasteiger partial charge < -0.3 is 19.6 Å². The van der Waals surface area contributed by atoms with Crippen LogP contribution in [-0.2, 0) is 13.2 Å². The number of aliphatic hydroxyl groups is 1. The highest BCUT2D eigenvalue weighted by molar-refractivity contribution is 5.38. The molecule has 2 heterocycles. The van der Waals surface area contributed by atoms with Crippen molar-refractivity contribution in [2.45, 2.75) is 26.2 Å². The standard InChI is InChI=1S/C14H16N2O3/c1-9-14(19-8-16-9)7-18-11-3-2-10-5-15-6-13(17)12(10)4-11/h2-4,8,13,15,17H,5-7H2,1H3. The number of fused-ring (bicyclic) bond motifs is 1. The van der Waals surface area contributed by atoms with Gasteiger partial charge in [0.2, 0.25) is 0 Å². The molecular weight excluding hydrogens is 244 g/mol. The minimum Gasteiger partial charge on any atom is -0.486 e. The molecule has 0 saturated carbocycles. The number of ether oxygens (including phenoxy) is 1. The molecular formula is C14H16N2O3. The Morgan fingerprint density at radius 3 is 3.21 bits per heavy atom. The molecule has 100 valence electrons. The molecule has 1 unspecified atom stereocenters. The van der Waals surface area contributed by atoms with Crippen molar-refractivity contribution < 1.29 is 14.3 Å². The number of β-amino-alcohol motifs (C(OH)–C–C–N with tert-alkyl or cyclic N) is 1. The van der Waals surface area contributed by atoms with E-state index < -0.39 is 6.10 Å². The summed E-state index contributed by atoms with van der Waals surface area (Å²) in [5, 5.41) is 13.1. The summed E-state index contributed by atoms with van der Waals surface area (Å²) in [6.45, 7) is 3.59. The van der Waals surface area contributed by atoms with Crippen LogP contribution in [0.4, 0.5) is 0 Å². The molecule has 3 rings (SSSR count). The predicted octanol–water partition coefficient (Wildman–Crippen LogP) is 1.70. The summed E-state index contributed by atoms with van der Waals surface area (Å²) in [4.78, 5) is 4.02. The normalized spacial score (nSPS) is 18.1. The van der Waals surface area contributed by atoms with Crippen LogP contribution < -0.4 is 10.1 Å². The van der Waals surface area contributed by atoms with Crippen LogP contribution in [0.1, 0.15) is 28.7 Å². The second kappa shape index (κ2) is 5.03. The zero-order valence-corrected chi connectivity index (χ0v) is 10.7. The fourth-order valence-electron chi connectivity index (χ4n) is 2.20. The van der Waals surface area contributed by atoms with Gasteiger partial charge in [-0.1, -0.05) is 6.07 Å². The van der Waals surface area contributed by atoms with Gasteiger partial charge in [0.15, 0.2) is 12.2 Å². The zero-order valence-electron chi connectivity index (χ0n) is 10.7. The Kier molecular flexibility index (Phi) is 3.23. The van der Waals surface area contributed by atoms with Gasteiger partial charge in [-0.3, -0.25) is 0 Å². The Morgan fingerprint density at radius 1 is 1.53 bits per heavy atom. The molecule has 0 radical (unpaired) electrons. The number of nitrogens with zero attached hydrogens (tertiary/aromatic N) is 1. The number of oxazole rings is 1. The van der Waals surface area contributed by atoms with Gasteiger partial charge in [0.05, 0.1) is 11.8 Å². The Balaban J connectivity index is 1.75. The third-order valence-corrected chi connectivity index (χ3v) is 3.34. The average Bonchev–Trinajstić information content (AvgIpc) is 2.83. The molecule has 1 aromatic heterocycles. The van der Waals surface area contributed by atoms with Crippen LogP contribution in [0, 0.1) is 6.92 Å². The third kappa shape index (κ3) is 2.47. The van der Waals surface area contributed by atoms with Gasteiger partial charge in [0.25, 0.3) is 0 Å². The number of hydrogen-bond donors (Lipinski definition) is 2. The monoisotopic (exact) mass is 260 g/mol. The van der Waals surface area contributed by atoms with Gasteiger partial charge in [-0.2, -0.15) is 0 Å². The number of hydrogen-bond acceptors (Lipinski definition) is 5. The lowest BCUT2D eigenvalue weighted by molar-refractivity contribution is 0.164. The largest absolute Gasteiger partial charge is 0.486 e. The van der Waals surface area contributed by atoms with E-state index >= 15 is 0 Å². The molecule has 0 aliphatic carbocycles. The molecule has 1 aliphatic rings. The second-order valence-electron chi connectivity index (χ2n) is 4.66. The maximum atomic E-state index is 9.94. The number of aryl methyl sites for hydroxylation is 1. The third-order valence-electron chi connectivity index (χ3n) is 3.34. The quantitative estimate of drug-likeness (QED) is 0.879. The highest BCUT2D eigenvalue weighted by Crippen LogP contribution is 2.26.